The summed E-state index contributed by atoms with van der Waals surface area (Å²) >= 11 is 0. The second kappa shape index (κ2) is 6.86. The minimum absolute atomic E-state index is 0.195. The van der Waals surface area contributed by atoms with Gasteiger partial charge in [0.15, 0.2) is 0 Å². The fourth-order valence-electron chi connectivity index (χ4n) is 3.27. The Bertz CT molecular complexity index is 709. The van der Waals surface area contributed by atoms with Crippen LogP contribution in [0.25, 0.3) is 0 Å². The molecule has 0 saturated carbocycles. The van der Waals surface area contributed by atoms with Gasteiger partial charge in [-0.2, -0.15) is 0 Å². The lowest BCUT2D eigenvalue weighted by Crippen LogP contribution is -2.35. The van der Waals surface area contributed by atoms with E-state index in [0.29, 0.717) is 12.8 Å². The van der Waals surface area contributed by atoms with Crippen molar-refractivity contribution < 1.29 is 9.53 Å². The molecule has 1 aliphatic rings. The Labute approximate surface area is 137 Å². The molecule has 0 unspecified atom stereocenters. The van der Waals surface area contributed by atoms with Crippen molar-refractivity contribution in [1.29, 1.82) is 0 Å². The molecule has 2 aromatic carbocycles. The number of hydrogen-bond donors (Lipinski definition) is 0. The third-order valence-electron chi connectivity index (χ3n) is 4.46. The van der Waals surface area contributed by atoms with Crippen molar-refractivity contribution in [2.75, 3.05) is 18.6 Å². The number of amides is 1. The zero-order valence-corrected chi connectivity index (χ0v) is 13.8. The molecule has 0 radical (unpaired) electrons. The van der Waals surface area contributed by atoms with Crippen LogP contribution >= 0.6 is 0 Å². The summed E-state index contributed by atoms with van der Waals surface area (Å²) in [4.78, 5) is 14.7. The van der Waals surface area contributed by atoms with E-state index in [1.54, 1.807) is 7.11 Å². The second-order valence-electron chi connectivity index (χ2n) is 6.09. The molecule has 0 N–H and O–H groups in total. The molecule has 1 aliphatic heterocycles. The van der Waals surface area contributed by atoms with Gasteiger partial charge in [0.1, 0.15) is 5.75 Å². The normalized spacial score (nSPS) is 13.6. The largest absolute Gasteiger partial charge is 0.496 e. The van der Waals surface area contributed by atoms with Crippen LogP contribution in [0.4, 0.5) is 5.69 Å². The average molecular weight is 309 g/mol. The SMILES string of the molecule is COc1ccccc1CCC(=O)N1CCCc2cc(C)ccc21. The van der Waals surface area contributed by atoms with Crippen LogP contribution in [0.2, 0.25) is 0 Å². The predicted octanol–water partition coefficient (Wildman–Crippen LogP) is 3.92. The van der Waals surface area contributed by atoms with E-state index >= 15 is 0 Å². The highest BCUT2D eigenvalue weighted by Crippen LogP contribution is 2.29. The van der Waals surface area contributed by atoms with Crippen molar-refractivity contribution >= 4 is 11.6 Å². The molecule has 0 aliphatic carbocycles. The van der Waals surface area contributed by atoms with E-state index in [9.17, 15) is 4.79 Å². The fraction of sp³-hybridized carbons (Fsp3) is 0.350. The first-order valence-corrected chi connectivity index (χ1v) is 8.21. The molecular weight excluding hydrogens is 286 g/mol. The first kappa shape index (κ1) is 15.6. The molecule has 3 nitrogen and oxygen atoms in total. The van der Waals surface area contributed by atoms with E-state index in [1.165, 1.54) is 11.1 Å². The highest BCUT2D eigenvalue weighted by Gasteiger charge is 2.22. The summed E-state index contributed by atoms with van der Waals surface area (Å²) in [5, 5.41) is 0. The van der Waals surface area contributed by atoms with E-state index in [-0.39, 0.29) is 5.91 Å². The summed E-state index contributed by atoms with van der Waals surface area (Å²) in [5.41, 5.74) is 4.73. The molecule has 0 aromatic heterocycles. The quantitative estimate of drug-likeness (QED) is 0.857. The molecule has 0 spiro atoms. The lowest BCUT2D eigenvalue weighted by atomic mass is 9.99. The summed E-state index contributed by atoms with van der Waals surface area (Å²) in [5.74, 6) is 1.05. The van der Waals surface area contributed by atoms with Gasteiger partial charge in [0.05, 0.1) is 7.11 Å². The van der Waals surface area contributed by atoms with Gasteiger partial charge < -0.3 is 9.64 Å². The van der Waals surface area contributed by atoms with Crippen LogP contribution < -0.4 is 9.64 Å². The van der Waals surface area contributed by atoms with Crippen LogP contribution in [-0.4, -0.2) is 19.6 Å². The zero-order chi connectivity index (χ0) is 16.2. The van der Waals surface area contributed by atoms with Gasteiger partial charge in [-0.1, -0.05) is 35.9 Å². The molecule has 0 atom stereocenters. The van der Waals surface area contributed by atoms with Crippen LogP contribution in [-0.2, 0) is 17.6 Å². The first-order chi connectivity index (χ1) is 11.2. The van der Waals surface area contributed by atoms with Crippen molar-refractivity contribution in [2.45, 2.75) is 32.6 Å². The number of carbonyl (C=O) groups is 1. The van der Waals surface area contributed by atoms with Gasteiger partial charge in [-0.3, -0.25) is 4.79 Å². The minimum atomic E-state index is 0.195. The molecule has 23 heavy (non-hydrogen) atoms. The number of aryl methyl sites for hydroxylation is 3. The number of anilines is 1. The number of benzene rings is 2. The third-order valence-corrected chi connectivity index (χ3v) is 4.46. The molecule has 0 saturated heterocycles. The maximum Gasteiger partial charge on any atom is 0.227 e. The van der Waals surface area contributed by atoms with E-state index < -0.39 is 0 Å². The average Bonchev–Trinajstić information content (AvgIpc) is 2.59. The van der Waals surface area contributed by atoms with E-state index in [2.05, 4.69) is 25.1 Å². The molecule has 2 aromatic rings. The van der Waals surface area contributed by atoms with Crippen molar-refractivity contribution in [3.8, 4) is 5.75 Å². The van der Waals surface area contributed by atoms with Crippen molar-refractivity contribution in [1.82, 2.24) is 0 Å². The third kappa shape index (κ3) is 3.39. The number of ether oxygens (including phenoxy) is 1. The van der Waals surface area contributed by atoms with Crippen molar-refractivity contribution in [3.63, 3.8) is 0 Å². The minimum Gasteiger partial charge on any atom is -0.496 e. The molecule has 120 valence electrons. The van der Waals surface area contributed by atoms with Gasteiger partial charge >= 0.3 is 0 Å². The number of nitrogens with zero attached hydrogens (tertiary/aromatic N) is 1. The van der Waals surface area contributed by atoms with E-state index in [0.717, 1.165) is 36.4 Å². The van der Waals surface area contributed by atoms with Crippen LogP contribution in [0.15, 0.2) is 42.5 Å². The van der Waals surface area contributed by atoms with Gasteiger partial charge in [-0.15, -0.1) is 0 Å². The standard InChI is InChI=1S/C20H23NO2/c1-15-9-11-18-17(14-15)7-5-13-21(18)20(22)12-10-16-6-3-4-8-19(16)23-2/h3-4,6,8-9,11,14H,5,7,10,12-13H2,1-2H3. The Balaban J connectivity index is 1.72. The summed E-state index contributed by atoms with van der Waals surface area (Å²) in [6, 6.07) is 14.3. The molecule has 3 rings (SSSR count). The Kier molecular flexibility index (Phi) is 4.65. The second-order valence-corrected chi connectivity index (χ2v) is 6.09. The van der Waals surface area contributed by atoms with Crippen LogP contribution in [0.3, 0.4) is 0 Å². The Hall–Kier alpha value is -2.29. The van der Waals surface area contributed by atoms with Crippen LogP contribution in [0.1, 0.15) is 29.5 Å². The Morgan fingerprint density at radius 1 is 1.22 bits per heavy atom. The van der Waals surface area contributed by atoms with E-state index in [4.69, 9.17) is 4.74 Å². The Morgan fingerprint density at radius 2 is 2.04 bits per heavy atom. The van der Waals surface area contributed by atoms with Crippen LogP contribution in [0, 0.1) is 6.92 Å². The number of rotatable bonds is 4. The number of hydrogen-bond acceptors (Lipinski definition) is 2. The van der Waals surface area contributed by atoms with Gasteiger partial charge in [-0.05, 0) is 49.4 Å². The van der Waals surface area contributed by atoms with Crippen LogP contribution in [0.5, 0.6) is 5.75 Å². The maximum atomic E-state index is 12.7. The molecule has 0 bridgehead atoms. The summed E-state index contributed by atoms with van der Waals surface area (Å²) in [7, 11) is 1.67. The molecule has 0 fully saturated rings. The lowest BCUT2D eigenvalue weighted by Gasteiger charge is -2.30. The Morgan fingerprint density at radius 3 is 2.87 bits per heavy atom. The molecular formula is C20H23NO2. The highest BCUT2D eigenvalue weighted by atomic mass is 16.5. The lowest BCUT2D eigenvalue weighted by molar-refractivity contribution is -0.118. The monoisotopic (exact) mass is 309 g/mol. The number of carbonyl (C=O) groups excluding carboxylic acids is 1. The summed E-state index contributed by atoms with van der Waals surface area (Å²) in [6.07, 6.45) is 3.32. The number of para-hydroxylation sites is 1. The number of fused-ring (bicyclic) bond motifs is 1. The van der Waals surface area contributed by atoms with Gasteiger partial charge in [-0.25, -0.2) is 0 Å². The molecule has 1 heterocycles. The maximum absolute atomic E-state index is 12.7. The summed E-state index contributed by atoms with van der Waals surface area (Å²) in [6.45, 7) is 2.92. The highest BCUT2D eigenvalue weighted by molar-refractivity contribution is 5.94. The first-order valence-electron chi connectivity index (χ1n) is 8.21. The smallest absolute Gasteiger partial charge is 0.227 e. The zero-order valence-electron chi connectivity index (χ0n) is 13.8. The van der Waals surface area contributed by atoms with Gasteiger partial charge in [0.25, 0.3) is 0 Å². The number of methoxy groups -OCH3 is 1. The summed E-state index contributed by atoms with van der Waals surface area (Å²) < 4.78 is 5.37. The molecule has 3 heteroatoms. The van der Waals surface area contributed by atoms with Crippen molar-refractivity contribution in [2.24, 2.45) is 0 Å². The van der Waals surface area contributed by atoms with E-state index in [1.807, 2.05) is 29.2 Å². The van der Waals surface area contributed by atoms with Crippen molar-refractivity contribution in [3.05, 3.63) is 59.2 Å². The topological polar surface area (TPSA) is 29.5 Å². The van der Waals surface area contributed by atoms with Gasteiger partial charge in [0, 0.05) is 18.7 Å². The predicted molar refractivity (Wildman–Crippen MR) is 93.2 cm³/mol. The fourth-order valence-corrected chi connectivity index (χ4v) is 3.27. The van der Waals surface area contributed by atoms with Gasteiger partial charge in [0.2, 0.25) is 5.91 Å². The molecule has 1 amide bonds.